The second-order valence-corrected chi connectivity index (χ2v) is 6.30. The van der Waals surface area contributed by atoms with Crippen LogP contribution in [0.15, 0.2) is 48.8 Å². The highest BCUT2D eigenvalue weighted by Crippen LogP contribution is 2.23. The summed E-state index contributed by atoms with van der Waals surface area (Å²) in [6.45, 7) is 0.256. The molecule has 5 heteroatoms. The summed E-state index contributed by atoms with van der Waals surface area (Å²) in [5, 5.41) is 16.5. The Bertz CT molecular complexity index is 686. The Morgan fingerprint density at radius 3 is 2.71 bits per heavy atom. The molecule has 1 saturated carbocycles. The standard InChI is InChI=1S/C19H23N3O2/c23-14-15-6-9-17(10-7-15)21-19(24)11-8-16-12-20-22(13-16)18-4-2-1-3-5-18/h1-5,8,11-13,15,17,23H,6-7,9-10,14H2,(H,21,24)/b11-8+. The van der Waals surface area contributed by atoms with Crippen molar-refractivity contribution in [1.29, 1.82) is 0 Å². The van der Waals surface area contributed by atoms with Gasteiger partial charge in [-0.25, -0.2) is 4.68 Å². The van der Waals surface area contributed by atoms with Gasteiger partial charge >= 0.3 is 0 Å². The lowest BCUT2D eigenvalue weighted by Gasteiger charge is -2.27. The topological polar surface area (TPSA) is 67.2 Å². The number of nitrogens with zero attached hydrogens (tertiary/aromatic N) is 2. The van der Waals surface area contributed by atoms with Gasteiger partial charge in [0.25, 0.3) is 0 Å². The molecular weight excluding hydrogens is 302 g/mol. The van der Waals surface area contributed by atoms with E-state index in [1.165, 1.54) is 0 Å². The third-order valence-electron chi connectivity index (χ3n) is 4.50. The average molecular weight is 325 g/mol. The molecule has 1 aromatic carbocycles. The minimum atomic E-state index is -0.0742. The second-order valence-electron chi connectivity index (χ2n) is 6.30. The molecule has 1 aliphatic rings. The van der Waals surface area contributed by atoms with Crippen LogP contribution >= 0.6 is 0 Å². The number of aliphatic hydroxyl groups is 1. The molecule has 0 atom stereocenters. The van der Waals surface area contributed by atoms with Crippen molar-refractivity contribution < 1.29 is 9.90 Å². The van der Waals surface area contributed by atoms with Crippen LogP contribution in [0.2, 0.25) is 0 Å². The van der Waals surface area contributed by atoms with E-state index in [-0.39, 0.29) is 18.6 Å². The van der Waals surface area contributed by atoms with Gasteiger partial charge in [0.2, 0.25) is 5.91 Å². The van der Waals surface area contributed by atoms with Crippen molar-refractivity contribution in [3.8, 4) is 5.69 Å². The van der Waals surface area contributed by atoms with E-state index in [1.54, 1.807) is 23.0 Å². The number of nitrogens with one attached hydrogen (secondary N) is 1. The van der Waals surface area contributed by atoms with Crippen molar-refractivity contribution in [2.24, 2.45) is 5.92 Å². The number of benzene rings is 1. The summed E-state index contributed by atoms with van der Waals surface area (Å²) in [7, 11) is 0. The van der Waals surface area contributed by atoms with E-state index >= 15 is 0 Å². The highest BCUT2D eigenvalue weighted by atomic mass is 16.3. The van der Waals surface area contributed by atoms with Crippen LogP contribution in [-0.4, -0.2) is 33.4 Å². The highest BCUT2D eigenvalue weighted by molar-refractivity contribution is 5.91. The maximum atomic E-state index is 12.0. The van der Waals surface area contributed by atoms with Gasteiger partial charge in [0.15, 0.2) is 0 Å². The third-order valence-corrected chi connectivity index (χ3v) is 4.50. The third kappa shape index (κ3) is 4.32. The van der Waals surface area contributed by atoms with E-state index in [9.17, 15) is 4.79 Å². The van der Waals surface area contributed by atoms with Crippen molar-refractivity contribution in [3.63, 3.8) is 0 Å². The molecule has 1 amide bonds. The number of rotatable bonds is 5. The zero-order valence-electron chi connectivity index (χ0n) is 13.6. The predicted octanol–water partition coefficient (Wildman–Crippen LogP) is 2.55. The quantitative estimate of drug-likeness (QED) is 0.830. The first-order valence-electron chi connectivity index (χ1n) is 8.44. The summed E-state index contributed by atoms with van der Waals surface area (Å²) in [5.41, 5.74) is 1.88. The Hall–Kier alpha value is -2.40. The largest absolute Gasteiger partial charge is 0.396 e. The Kier molecular flexibility index (Phi) is 5.43. The second kappa shape index (κ2) is 7.93. The average Bonchev–Trinajstić information content (AvgIpc) is 3.10. The predicted molar refractivity (Wildman–Crippen MR) is 93.6 cm³/mol. The van der Waals surface area contributed by atoms with Gasteiger partial charge in [-0.05, 0) is 49.8 Å². The lowest BCUT2D eigenvalue weighted by atomic mass is 9.86. The molecule has 24 heavy (non-hydrogen) atoms. The molecule has 1 aromatic heterocycles. The molecule has 0 radical (unpaired) electrons. The van der Waals surface area contributed by atoms with Crippen molar-refractivity contribution >= 4 is 12.0 Å². The lowest BCUT2D eigenvalue weighted by Crippen LogP contribution is -2.37. The van der Waals surface area contributed by atoms with Crippen molar-refractivity contribution in [3.05, 3.63) is 54.4 Å². The van der Waals surface area contributed by atoms with Gasteiger partial charge in [-0.1, -0.05) is 18.2 Å². The monoisotopic (exact) mass is 325 g/mol. The van der Waals surface area contributed by atoms with E-state index in [1.807, 2.05) is 36.5 Å². The summed E-state index contributed by atoms with van der Waals surface area (Å²) in [5.74, 6) is 0.326. The van der Waals surface area contributed by atoms with Crippen LogP contribution in [-0.2, 0) is 4.79 Å². The Morgan fingerprint density at radius 2 is 2.00 bits per heavy atom. The van der Waals surface area contributed by atoms with E-state index in [4.69, 9.17) is 5.11 Å². The van der Waals surface area contributed by atoms with E-state index in [0.29, 0.717) is 5.92 Å². The van der Waals surface area contributed by atoms with Gasteiger partial charge in [-0.2, -0.15) is 5.10 Å². The number of amides is 1. The first kappa shape index (κ1) is 16.5. The lowest BCUT2D eigenvalue weighted by molar-refractivity contribution is -0.117. The summed E-state index contributed by atoms with van der Waals surface area (Å²) < 4.78 is 1.79. The minimum absolute atomic E-state index is 0.0742. The van der Waals surface area contributed by atoms with Gasteiger partial charge in [-0.3, -0.25) is 4.79 Å². The molecular formula is C19H23N3O2. The molecule has 0 saturated heterocycles. The smallest absolute Gasteiger partial charge is 0.244 e. The van der Waals surface area contributed by atoms with Gasteiger partial charge in [0, 0.05) is 30.5 Å². The minimum Gasteiger partial charge on any atom is -0.396 e. The number of hydrogen-bond acceptors (Lipinski definition) is 3. The number of carbonyl (C=O) groups is 1. The van der Waals surface area contributed by atoms with Crippen LogP contribution in [0.3, 0.4) is 0 Å². The summed E-state index contributed by atoms with van der Waals surface area (Å²) in [6.07, 6.45) is 10.8. The molecule has 0 unspecified atom stereocenters. The number of aromatic nitrogens is 2. The van der Waals surface area contributed by atoms with Crippen LogP contribution in [0.1, 0.15) is 31.2 Å². The fourth-order valence-corrected chi connectivity index (χ4v) is 3.06. The Morgan fingerprint density at radius 1 is 1.25 bits per heavy atom. The van der Waals surface area contributed by atoms with Crippen molar-refractivity contribution in [2.75, 3.05) is 6.61 Å². The molecule has 1 heterocycles. The SMILES string of the molecule is O=C(/C=C/c1cnn(-c2ccccc2)c1)NC1CCC(CO)CC1. The molecule has 126 valence electrons. The van der Waals surface area contributed by atoms with E-state index in [0.717, 1.165) is 36.9 Å². The Labute approximate surface area is 142 Å². The molecule has 0 spiro atoms. The Balaban J connectivity index is 1.52. The molecule has 0 aliphatic heterocycles. The molecule has 2 aromatic rings. The molecule has 2 N–H and O–H groups in total. The number of aliphatic hydroxyl groups excluding tert-OH is 1. The first-order valence-corrected chi connectivity index (χ1v) is 8.44. The summed E-state index contributed by atoms with van der Waals surface area (Å²) in [4.78, 5) is 12.0. The van der Waals surface area contributed by atoms with Crippen LogP contribution < -0.4 is 5.32 Å². The van der Waals surface area contributed by atoms with Gasteiger partial charge in [0.1, 0.15) is 0 Å². The van der Waals surface area contributed by atoms with Gasteiger partial charge in [0.05, 0.1) is 11.9 Å². The van der Waals surface area contributed by atoms with Crippen LogP contribution in [0.5, 0.6) is 0 Å². The van der Waals surface area contributed by atoms with Gasteiger partial charge < -0.3 is 10.4 Å². The molecule has 3 rings (SSSR count). The van der Waals surface area contributed by atoms with Gasteiger partial charge in [-0.15, -0.1) is 0 Å². The zero-order valence-corrected chi connectivity index (χ0v) is 13.6. The first-order chi connectivity index (χ1) is 11.7. The van der Waals surface area contributed by atoms with E-state index < -0.39 is 0 Å². The summed E-state index contributed by atoms with van der Waals surface area (Å²) >= 11 is 0. The molecule has 5 nitrogen and oxygen atoms in total. The van der Waals surface area contributed by atoms with E-state index in [2.05, 4.69) is 10.4 Å². The summed E-state index contributed by atoms with van der Waals surface area (Å²) in [6, 6.07) is 10.1. The molecule has 1 aliphatic carbocycles. The maximum Gasteiger partial charge on any atom is 0.244 e. The highest BCUT2D eigenvalue weighted by Gasteiger charge is 2.21. The number of hydrogen-bond donors (Lipinski definition) is 2. The van der Waals surface area contributed by atoms with Crippen molar-refractivity contribution in [2.45, 2.75) is 31.7 Å². The molecule has 1 fully saturated rings. The van der Waals surface area contributed by atoms with Crippen LogP contribution in [0, 0.1) is 5.92 Å². The normalized spacial score (nSPS) is 21.0. The van der Waals surface area contributed by atoms with Crippen LogP contribution in [0.25, 0.3) is 11.8 Å². The fourth-order valence-electron chi connectivity index (χ4n) is 3.06. The maximum absolute atomic E-state index is 12.0. The molecule has 0 bridgehead atoms. The van der Waals surface area contributed by atoms with Crippen molar-refractivity contribution in [1.82, 2.24) is 15.1 Å². The number of para-hydroxylation sites is 1. The zero-order chi connectivity index (χ0) is 16.8. The van der Waals surface area contributed by atoms with Crippen LogP contribution in [0.4, 0.5) is 0 Å². The number of carbonyl (C=O) groups excluding carboxylic acids is 1. The fraction of sp³-hybridized carbons (Fsp3) is 0.368.